The summed E-state index contributed by atoms with van der Waals surface area (Å²) in [5, 5.41) is 0. The summed E-state index contributed by atoms with van der Waals surface area (Å²) in [6, 6.07) is 6.10. The van der Waals surface area contributed by atoms with Crippen LogP contribution in [-0.4, -0.2) is 17.4 Å². The zero-order chi connectivity index (χ0) is 14.2. The first-order valence-electron chi connectivity index (χ1n) is 7.81. The second kappa shape index (κ2) is 5.12. The average molecular weight is 272 g/mol. The third-order valence-corrected chi connectivity index (χ3v) is 5.22. The molecule has 2 aliphatic rings. The summed E-state index contributed by atoms with van der Waals surface area (Å²) in [5.41, 5.74) is 9.18. The molecule has 1 saturated carbocycles. The second-order valence-corrected chi connectivity index (χ2v) is 6.35. The van der Waals surface area contributed by atoms with Crippen LogP contribution in [0.5, 0.6) is 0 Å². The zero-order valence-corrected chi connectivity index (χ0v) is 12.3. The Bertz CT molecular complexity index is 518. The molecule has 108 valence electrons. The van der Waals surface area contributed by atoms with Crippen molar-refractivity contribution in [2.75, 3.05) is 12.3 Å². The second-order valence-electron chi connectivity index (χ2n) is 6.35. The molecule has 20 heavy (non-hydrogen) atoms. The van der Waals surface area contributed by atoms with E-state index < -0.39 is 0 Å². The van der Waals surface area contributed by atoms with Crippen molar-refractivity contribution < 1.29 is 4.79 Å². The first-order valence-corrected chi connectivity index (χ1v) is 7.81. The molecule has 0 spiro atoms. The highest BCUT2D eigenvalue weighted by molar-refractivity contribution is 5.83. The molecule has 0 radical (unpaired) electrons. The summed E-state index contributed by atoms with van der Waals surface area (Å²) in [6.07, 6.45) is 6.49. The van der Waals surface area contributed by atoms with Gasteiger partial charge in [-0.1, -0.05) is 25.8 Å². The monoisotopic (exact) mass is 272 g/mol. The molecule has 0 atom stereocenters. The number of carbonyl (C=O) groups excluding carboxylic acids is 1. The molecule has 0 unspecified atom stereocenters. The van der Waals surface area contributed by atoms with Gasteiger partial charge >= 0.3 is 0 Å². The largest absolute Gasteiger partial charge is 0.399 e. The van der Waals surface area contributed by atoms with Crippen LogP contribution in [-0.2, 0) is 17.8 Å². The lowest BCUT2D eigenvalue weighted by Crippen LogP contribution is -2.44. The lowest BCUT2D eigenvalue weighted by molar-refractivity contribution is -0.143. The number of nitrogen functional groups attached to an aromatic ring is 1. The number of fused-ring (bicyclic) bond motifs is 1. The third-order valence-electron chi connectivity index (χ3n) is 5.22. The Morgan fingerprint density at radius 3 is 2.75 bits per heavy atom. The molecule has 1 aromatic carbocycles. The smallest absolute Gasteiger partial charge is 0.229 e. The van der Waals surface area contributed by atoms with Crippen LogP contribution in [0.25, 0.3) is 0 Å². The van der Waals surface area contributed by atoms with Gasteiger partial charge in [0.2, 0.25) is 5.91 Å². The SMILES string of the molecule is CCC1(C(=O)N2CCc3ccc(N)cc3C2)CCCC1. The molecular formula is C17H24N2O. The van der Waals surface area contributed by atoms with Crippen LogP contribution in [0.1, 0.15) is 50.2 Å². The van der Waals surface area contributed by atoms with E-state index in [9.17, 15) is 4.79 Å². The van der Waals surface area contributed by atoms with Crippen molar-refractivity contribution in [3.63, 3.8) is 0 Å². The molecule has 0 saturated heterocycles. The van der Waals surface area contributed by atoms with Gasteiger partial charge in [0.1, 0.15) is 0 Å². The van der Waals surface area contributed by atoms with Crippen molar-refractivity contribution in [2.45, 2.75) is 52.0 Å². The minimum Gasteiger partial charge on any atom is -0.399 e. The normalized spacial score (nSPS) is 20.8. The molecule has 3 heteroatoms. The summed E-state index contributed by atoms with van der Waals surface area (Å²) in [5.74, 6) is 0.380. The molecule has 0 aromatic heterocycles. The average Bonchev–Trinajstić information content (AvgIpc) is 2.95. The number of amides is 1. The van der Waals surface area contributed by atoms with E-state index >= 15 is 0 Å². The summed E-state index contributed by atoms with van der Waals surface area (Å²) < 4.78 is 0. The number of nitrogens with zero attached hydrogens (tertiary/aromatic N) is 1. The summed E-state index contributed by atoms with van der Waals surface area (Å²) in [6.45, 7) is 3.76. The van der Waals surface area contributed by atoms with E-state index in [1.54, 1.807) is 0 Å². The van der Waals surface area contributed by atoms with Crippen molar-refractivity contribution in [3.8, 4) is 0 Å². The minimum atomic E-state index is -0.0716. The highest BCUT2D eigenvalue weighted by atomic mass is 16.2. The van der Waals surface area contributed by atoms with Crippen molar-refractivity contribution >= 4 is 11.6 Å². The van der Waals surface area contributed by atoms with E-state index in [4.69, 9.17) is 5.73 Å². The van der Waals surface area contributed by atoms with Gasteiger partial charge in [0.25, 0.3) is 0 Å². The van der Waals surface area contributed by atoms with Crippen molar-refractivity contribution in [3.05, 3.63) is 29.3 Å². The van der Waals surface area contributed by atoms with Crippen molar-refractivity contribution in [1.29, 1.82) is 0 Å². The maximum atomic E-state index is 12.9. The lowest BCUT2D eigenvalue weighted by Gasteiger charge is -2.36. The summed E-state index contributed by atoms with van der Waals surface area (Å²) in [4.78, 5) is 15.0. The highest BCUT2D eigenvalue weighted by Crippen LogP contribution is 2.43. The van der Waals surface area contributed by atoms with Crippen LogP contribution in [0.2, 0.25) is 0 Å². The topological polar surface area (TPSA) is 46.3 Å². The van der Waals surface area contributed by atoms with E-state index in [0.29, 0.717) is 5.91 Å². The van der Waals surface area contributed by atoms with E-state index in [-0.39, 0.29) is 5.41 Å². The number of hydrogen-bond donors (Lipinski definition) is 1. The summed E-state index contributed by atoms with van der Waals surface area (Å²) >= 11 is 0. The van der Waals surface area contributed by atoms with Gasteiger partial charge in [-0.05, 0) is 48.9 Å². The van der Waals surface area contributed by atoms with Gasteiger partial charge in [0.05, 0.1) is 0 Å². The third kappa shape index (κ3) is 2.19. The molecular weight excluding hydrogens is 248 g/mol. The fraction of sp³-hybridized carbons (Fsp3) is 0.588. The Labute approximate surface area is 121 Å². The van der Waals surface area contributed by atoms with Crippen LogP contribution in [0, 0.1) is 5.41 Å². The Balaban J connectivity index is 1.81. The molecule has 0 bridgehead atoms. The first-order chi connectivity index (χ1) is 9.64. The standard InChI is InChI=1S/C17H24N2O/c1-2-17(8-3-4-9-17)16(20)19-10-7-13-5-6-15(18)11-14(13)12-19/h5-6,11H,2-4,7-10,12,18H2,1H3. The van der Waals surface area contributed by atoms with Crippen LogP contribution in [0.15, 0.2) is 18.2 Å². The van der Waals surface area contributed by atoms with Gasteiger partial charge in [-0.2, -0.15) is 0 Å². The quantitative estimate of drug-likeness (QED) is 0.841. The van der Waals surface area contributed by atoms with Gasteiger partial charge in [-0.3, -0.25) is 4.79 Å². The van der Waals surface area contributed by atoms with E-state index in [1.165, 1.54) is 24.0 Å². The molecule has 3 rings (SSSR count). The van der Waals surface area contributed by atoms with Gasteiger partial charge in [-0.15, -0.1) is 0 Å². The van der Waals surface area contributed by atoms with Gasteiger partial charge in [-0.25, -0.2) is 0 Å². The van der Waals surface area contributed by atoms with E-state index in [1.807, 2.05) is 12.1 Å². The Kier molecular flexibility index (Phi) is 3.45. The molecule has 1 heterocycles. The number of benzene rings is 1. The predicted molar refractivity (Wildman–Crippen MR) is 81.2 cm³/mol. The molecule has 2 N–H and O–H groups in total. The summed E-state index contributed by atoms with van der Waals surface area (Å²) in [7, 11) is 0. The number of carbonyl (C=O) groups is 1. The number of hydrogen-bond acceptors (Lipinski definition) is 2. The van der Waals surface area contributed by atoms with Crippen LogP contribution < -0.4 is 5.73 Å². The molecule has 1 amide bonds. The highest BCUT2D eigenvalue weighted by Gasteiger charge is 2.42. The Morgan fingerprint density at radius 1 is 1.30 bits per heavy atom. The molecule has 1 aliphatic heterocycles. The van der Waals surface area contributed by atoms with Crippen LogP contribution >= 0.6 is 0 Å². The maximum absolute atomic E-state index is 12.9. The van der Waals surface area contributed by atoms with E-state index in [0.717, 1.165) is 44.5 Å². The molecule has 1 aromatic rings. The lowest BCUT2D eigenvalue weighted by atomic mass is 9.81. The first kappa shape index (κ1) is 13.5. The Morgan fingerprint density at radius 2 is 2.05 bits per heavy atom. The number of rotatable bonds is 2. The van der Waals surface area contributed by atoms with Crippen LogP contribution in [0.3, 0.4) is 0 Å². The zero-order valence-electron chi connectivity index (χ0n) is 12.3. The molecule has 1 aliphatic carbocycles. The van der Waals surface area contributed by atoms with Crippen molar-refractivity contribution in [1.82, 2.24) is 4.90 Å². The Hall–Kier alpha value is -1.51. The van der Waals surface area contributed by atoms with Gasteiger partial charge in [0, 0.05) is 24.2 Å². The molecule has 3 nitrogen and oxygen atoms in total. The number of nitrogens with two attached hydrogens (primary N) is 1. The van der Waals surface area contributed by atoms with Crippen LogP contribution in [0.4, 0.5) is 5.69 Å². The van der Waals surface area contributed by atoms with Crippen molar-refractivity contribution in [2.24, 2.45) is 5.41 Å². The predicted octanol–water partition coefficient (Wildman–Crippen LogP) is 3.12. The van der Waals surface area contributed by atoms with Gasteiger partial charge in [0.15, 0.2) is 0 Å². The van der Waals surface area contributed by atoms with E-state index in [2.05, 4.69) is 17.9 Å². The molecule has 1 fully saturated rings. The van der Waals surface area contributed by atoms with Gasteiger partial charge < -0.3 is 10.6 Å². The fourth-order valence-electron chi connectivity index (χ4n) is 3.86. The fourth-order valence-corrected chi connectivity index (χ4v) is 3.86. The minimum absolute atomic E-state index is 0.0716. The maximum Gasteiger partial charge on any atom is 0.229 e. The number of anilines is 1.